The molecule has 0 aliphatic rings. The van der Waals surface area contributed by atoms with Crippen LogP contribution in [0.4, 0.5) is 13.2 Å². The predicted octanol–water partition coefficient (Wildman–Crippen LogP) is 1.25. The summed E-state index contributed by atoms with van der Waals surface area (Å²) >= 11 is 0. The fourth-order valence-electron chi connectivity index (χ4n) is 1.07. The summed E-state index contributed by atoms with van der Waals surface area (Å²) in [5.41, 5.74) is 9.55. The van der Waals surface area contributed by atoms with E-state index in [1.54, 1.807) is 6.92 Å². The third-order valence-electron chi connectivity index (χ3n) is 2.19. The van der Waals surface area contributed by atoms with Crippen LogP contribution in [-0.2, 0) is 0 Å². The third-order valence-corrected chi connectivity index (χ3v) is 2.19. The standard InChI is InChI=1S/C7H15F3N2/c1-2-6(4-11,5-12)3-7(8,9)10/h2-5,11-12H2,1H3. The van der Waals surface area contributed by atoms with Crippen molar-refractivity contribution in [2.75, 3.05) is 13.1 Å². The van der Waals surface area contributed by atoms with Gasteiger partial charge in [0.25, 0.3) is 0 Å². The first-order valence-corrected chi connectivity index (χ1v) is 3.86. The van der Waals surface area contributed by atoms with Gasteiger partial charge in [0.05, 0.1) is 6.42 Å². The van der Waals surface area contributed by atoms with Gasteiger partial charge < -0.3 is 11.5 Å². The highest BCUT2D eigenvalue weighted by Gasteiger charge is 2.39. The maximum Gasteiger partial charge on any atom is 0.389 e. The first-order chi connectivity index (χ1) is 5.39. The average Bonchev–Trinajstić information content (AvgIpc) is 1.99. The second-order valence-corrected chi connectivity index (χ2v) is 3.05. The van der Waals surface area contributed by atoms with E-state index in [4.69, 9.17) is 11.5 Å². The molecule has 4 N–H and O–H groups in total. The molecule has 12 heavy (non-hydrogen) atoms. The summed E-state index contributed by atoms with van der Waals surface area (Å²) in [6.45, 7) is 1.64. The molecule has 0 saturated carbocycles. The number of nitrogens with two attached hydrogens (primary N) is 2. The smallest absolute Gasteiger partial charge is 0.330 e. The molecule has 0 spiro atoms. The molecule has 0 heterocycles. The SMILES string of the molecule is CCC(CN)(CN)CC(F)(F)F. The van der Waals surface area contributed by atoms with Crippen LogP contribution >= 0.6 is 0 Å². The summed E-state index contributed by atoms with van der Waals surface area (Å²) in [7, 11) is 0. The quantitative estimate of drug-likeness (QED) is 0.691. The third kappa shape index (κ3) is 3.40. The average molecular weight is 184 g/mol. The molecule has 0 unspecified atom stereocenters. The minimum Gasteiger partial charge on any atom is -0.330 e. The number of hydrogen-bond acceptors (Lipinski definition) is 2. The Morgan fingerprint density at radius 2 is 1.50 bits per heavy atom. The maximum absolute atomic E-state index is 12.0. The molecule has 0 radical (unpaired) electrons. The van der Waals surface area contributed by atoms with Crippen LogP contribution in [0.3, 0.4) is 0 Å². The lowest BCUT2D eigenvalue weighted by molar-refractivity contribution is -0.156. The van der Waals surface area contributed by atoms with Gasteiger partial charge in [0.1, 0.15) is 0 Å². The van der Waals surface area contributed by atoms with Gasteiger partial charge in [-0.05, 0) is 19.5 Å². The molecule has 0 aliphatic carbocycles. The van der Waals surface area contributed by atoms with E-state index in [0.717, 1.165) is 0 Å². The molecule has 0 amide bonds. The minimum absolute atomic E-state index is 0.0144. The van der Waals surface area contributed by atoms with Gasteiger partial charge in [-0.1, -0.05) is 6.92 Å². The van der Waals surface area contributed by atoms with Crippen LogP contribution in [-0.4, -0.2) is 19.3 Å². The van der Waals surface area contributed by atoms with E-state index in [9.17, 15) is 13.2 Å². The second-order valence-electron chi connectivity index (χ2n) is 3.05. The van der Waals surface area contributed by atoms with Crippen LogP contribution in [0.15, 0.2) is 0 Å². The van der Waals surface area contributed by atoms with Gasteiger partial charge in [-0.2, -0.15) is 13.2 Å². The molecule has 0 aromatic heterocycles. The van der Waals surface area contributed by atoms with Gasteiger partial charge in [0, 0.05) is 5.41 Å². The molecule has 0 bridgehead atoms. The summed E-state index contributed by atoms with van der Waals surface area (Å²) in [6.07, 6.45) is -4.70. The molecule has 0 saturated heterocycles. The van der Waals surface area contributed by atoms with Crippen molar-refractivity contribution in [3.05, 3.63) is 0 Å². The van der Waals surface area contributed by atoms with Crippen LogP contribution in [0, 0.1) is 5.41 Å². The molecule has 0 atom stereocenters. The monoisotopic (exact) mass is 184 g/mol. The molecule has 0 rings (SSSR count). The van der Waals surface area contributed by atoms with Crippen molar-refractivity contribution in [2.24, 2.45) is 16.9 Å². The van der Waals surface area contributed by atoms with Crippen molar-refractivity contribution in [3.63, 3.8) is 0 Å². The van der Waals surface area contributed by atoms with Crippen molar-refractivity contribution in [1.29, 1.82) is 0 Å². The van der Waals surface area contributed by atoms with E-state index in [0.29, 0.717) is 6.42 Å². The lowest BCUT2D eigenvalue weighted by Crippen LogP contribution is -2.41. The molecular formula is C7H15F3N2. The summed E-state index contributed by atoms with van der Waals surface area (Å²) in [6, 6.07) is 0. The highest BCUT2D eigenvalue weighted by molar-refractivity contribution is 4.82. The molecule has 0 aromatic rings. The molecule has 74 valence electrons. The molecule has 0 fully saturated rings. The zero-order valence-corrected chi connectivity index (χ0v) is 7.12. The molecule has 0 aliphatic heterocycles. The topological polar surface area (TPSA) is 52.0 Å². The van der Waals surface area contributed by atoms with Crippen molar-refractivity contribution in [1.82, 2.24) is 0 Å². The van der Waals surface area contributed by atoms with E-state index in [-0.39, 0.29) is 13.1 Å². The maximum atomic E-state index is 12.0. The fraction of sp³-hybridized carbons (Fsp3) is 1.00. The molecule has 2 nitrogen and oxygen atoms in total. The largest absolute Gasteiger partial charge is 0.389 e. The Hall–Kier alpha value is -0.290. The Kier molecular flexibility index (Phi) is 3.99. The van der Waals surface area contributed by atoms with Gasteiger partial charge in [0.15, 0.2) is 0 Å². The Morgan fingerprint density at radius 3 is 1.58 bits per heavy atom. The Labute approximate surface area is 70.1 Å². The molecule has 0 aromatic carbocycles. The Bertz CT molecular complexity index is 121. The van der Waals surface area contributed by atoms with Crippen LogP contribution in [0.5, 0.6) is 0 Å². The van der Waals surface area contributed by atoms with Crippen molar-refractivity contribution in [2.45, 2.75) is 25.9 Å². The number of halogens is 3. The summed E-state index contributed by atoms with van der Waals surface area (Å²) < 4.78 is 36.0. The van der Waals surface area contributed by atoms with Gasteiger partial charge in [-0.15, -0.1) is 0 Å². The van der Waals surface area contributed by atoms with Crippen molar-refractivity contribution >= 4 is 0 Å². The molecule has 5 heteroatoms. The van der Waals surface area contributed by atoms with E-state index in [1.807, 2.05) is 0 Å². The van der Waals surface area contributed by atoms with Gasteiger partial charge in [-0.3, -0.25) is 0 Å². The first kappa shape index (κ1) is 11.7. The molecular weight excluding hydrogens is 169 g/mol. The van der Waals surface area contributed by atoms with Crippen molar-refractivity contribution in [3.8, 4) is 0 Å². The van der Waals surface area contributed by atoms with E-state index >= 15 is 0 Å². The van der Waals surface area contributed by atoms with Crippen LogP contribution < -0.4 is 11.5 Å². The Morgan fingerprint density at radius 1 is 1.08 bits per heavy atom. The van der Waals surface area contributed by atoms with Gasteiger partial charge in [0.2, 0.25) is 0 Å². The minimum atomic E-state index is -4.17. The summed E-state index contributed by atoms with van der Waals surface area (Å²) in [5, 5.41) is 0. The zero-order valence-electron chi connectivity index (χ0n) is 7.12. The lowest BCUT2D eigenvalue weighted by Gasteiger charge is -2.30. The van der Waals surface area contributed by atoms with E-state index in [1.165, 1.54) is 0 Å². The normalized spacial score (nSPS) is 13.5. The van der Waals surface area contributed by atoms with E-state index < -0.39 is 18.0 Å². The van der Waals surface area contributed by atoms with Crippen LogP contribution in [0.1, 0.15) is 19.8 Å². The van der Waals surface area contributed by atoms with E-state index in [2.05, 4.69) is 0 Å². The summed E-state index contributed by atoms with van der Waals surface area (Å²) in [4.78, 5) is 0. The predicted molar refractivity (Wildman–Crippen MR) is 41.5 cm³/mol. The number of hydrogen-bond donors (Lipinski definition) is 2. The Balaban J connectivity index is 4.30. The highest BCUT2D eigenvalue weighted by atomic mass is 19.4. The van der Waals surface area contributed by atoms with Crippen molar-refractivity contribution < 1.29 is 13.2 Å². The fourth-order valence-corrected chi connectivity index (χ4v) is 1.07. The number of alkyl halides is 3. The summed E-state index contributed by atoms with van der Waals surface area (Å²) in [5.74, 6) is 0. The first-order valence-electron chi connectivity index (χ1n) is 3.86. The van der Waals surface area contributed by atoms with Crippen LogP contribution in [0.25, 0.3) is 0 Å². The lowest BCUT2D eigenvalue weighted by atomic mass is 9.82. The van der Waals surface area contributed by atoms with Gasteiger partial charge in [-0.25, -0.2) is 0 Å². The highest BCUT2D eigenvalue weighted by Crippen LogP contribution is 2.34. The van der Waals surface area contributed by atoms with Gasteiger partial charge >= 0.3 is 6.18 Å². The van der Waals surface area contributed by atoms with Crippen LogP contribution in [0.2, 0.25) is 0 Å². The second kappa shape index (κ2) is 4.09. The zero-order chi connectivity index (χ0) is 9.83. The number of rotatable bonds is 4.